The van der Waals surface area contributed by atoms with Gasteiger partial charge in [-0.25, -0.2) is 8.42 Å². The zero-order valence-electron chi connectivity index (χ0n) is 18.9. The molecule has 0 spiro atoms. The van der Waals surface area contributed by atoms with E-state index in [9.17, 15) is 18.0 Å². The lowest BCUT2D eigenvalue weighted by molar-refractivity contribution is -0.151. The fourth-order valence-corrected chi connectivity index (χ4v) is 5.23. The monoisotopic (exact) mass is 476 g/mol. The predicted octanol–water partition coefficient (Wildman–Crippen LogP) is 2.02. The summed E-state index contributed by atoms with van der Waals surface area (Å²) in [5, 5.41) is 2.66. The Morgan fingerprint density at radius 3 is 2.42 bits per heavy atom. The summed E-state index contributed by atoms with van der Waals surface area (Å²) in [7, 11) is -0.785. The highest BCUT2D eigenvalue weighted by atomic mass is 32.2. The molecule has 9 nitrogen and oxygen atoms in total. The molecule has 1 amide bonds. The number of hydrogen-bond donors (Lipinski definition) is 1. The molecule has 10 heteroatoms. The number of carbonyl (C=O) groups excluding carboxylic acids is 2. The number of nitrogens with one attached hydrogen (secondary N) is 1. The topological polar surface area (TPSA) is 111 Å². The summed E-state index contributed by atoms with van der Waals surface area (Å²) in [6.07, 6.45) is 0.882. The van der Waals surface area contributed by atoms with Crippen molar-refractivity contribution < 1.29 is 32.2 Å². The number of sulfonamides is 1. The first kappa shape index (κ1) is 24.5. The summed E-state index contributed by atoms with van der Waals surface area (Å²) in [5.74, 6) is -0.122. The molecule has 2 aromatic rings. The predicted molar refractivity (Wildman–Crippen MR) is 120 cm³/mol. The lowest BCUT2D eigenvalue weighted by Crippen LogP contribution is -2.42. The number of ether oxygens (including phenoxy) is 3. The molecule has 0 aliphatic carbocycles. The smallest absolute Gasteiger partial charge is 0.324 e. The van der Waals surface area contributed by atoms with Gasteiger partial charge in [-0.2, -0.15) is 4.31 Å². The average molecular weight is 477 g/mol. The standard InChI is InChI=1S/C23H28N2O7S/c1-16-6-9-18(10-7-16)33(28,29)25-12-4-5-19(25)23(27)32-15-22(26)24-14-17-8-11-20(30-2)21(13-17)31-3/h6-11,13,19H,4-5,12,14-15H2,1-3H3,(H,24,26)/t19-/m0/s1. The lowest BCUT2D eigenvalue weighted by atomic mass is 10.2. The molecule has 178 valence electrons. The van der Waals surface area contributed by atoms with Gasteiger partial charge in [0.25, 0.3) is 5.91 Å². The fraction of sp³-hybridized carbons (Fsp3) is 0.391. The second-order valence-corrected chi connectivity index (χ2v) is 9.55. The van der Waals surface area contributed by atoms with Crippen LogP contribution in [0.4, 0.5) is 0 Å². The van der Waals surface area contributed by atoms with Crippen molar-refractivity contribution in [1.29, 1.82) is 0 Å². The van der Waals surface area contributed by atoms with Gasteiger partial charge >= 0.3 is 5.97 Å². The highest BCUT2D eigenvalue weighted by Crippen LogP contribution is 2.28. The number of esters is 1. The molecule has 0 saturated carbocycles. The molecule has 1 aliphatic rings. The second kappa shape index (κ2) is 10.7. The van der Waals surface area contributed by atoms with Crippen molar-refractivity contribution in [1.82, 2.24) is 9.62 Å². The van der Waals surface area contributed by atoms with Gasteiger partial charge in [-0.15, -0.1) is 0 Å². The van der Waals surface area contributed by atoms with Gasteiger partial charge in [0, 0.05) is 13.1 Å². The number of methoxy groups -OCH3 is 2. The highest BCUT2D eigenvalue weighted by molar-refractivity contribution is 7.89. The molecule has 1 fully saturated rings. The molecule has 0 aromatic heterocycles. The van der Waals surface area contributed by atoms with Crippen molar-refractivity contribution in [2.45, 2.75) is 37.2 Å². The largest absolute Gasteiger partial charge is 0.493 e. The van der Waals surface area contributed by atoms with Gasteiger partial charge < -0.3 is 19.5 Å². The number of nitrogens with zero attached hydrogens (tertiary/aromatic N) is 1. The summed E-state index contributed by atoms with van der Waals surface area (Å²) < 4.78 is 42.7. The quantitative estimate of drug-likeness (QED) is 0.551. The van der Waals surface area contributed by atoms with E-state index in [0.29, 0.717) is 24.3 Å². The Kier molecular flexibility index (Phi) is 7.93. The van der Waals surface area contributed by atoms with Crippen molar-refractivity contribution >= 4 is 21.9 Å². The number of amides is 1. The number of benzene rings is 2. The summed E-state index contributed by atoms with van der Waals surface area (Å²) >= 11 is 0. The van der Waals surface area contributed by atoms with Crippen molar-refractivity contribution in [3.05, 3.63) is 53.6 Å². The van der Waals surface area contributed by atoms with E-state index in [2.05, 4.69) is 5.32 Å². The minimum absolute atomic E-state index is 0.125. The molecule has 3 rings (SSSR count). The molecule has 0 radical (unpaired) electrons. The van der Waals surface area contributed by atoms with Crippen LogP contribution in [0.15, 0.2) is 47.4 Å². The first-order chi connectivity index (χ1) is 15.8. The maximum absolute atomic E-state index is 13.0. The molecule has 1 heterocycles. The molecule has 2 aromatic carbocycles. The normalized spacial score (nSPS) is 16.3. The van der Waals surface area contributed by atoms with Crippen LogP contribution in [0.5, 0.6) is 11.5 Å². The minimum atomic E-state index is -3.84. The second-order valence-electron chi connectivity index (χ2n) is 7.66. The van der Waals surface area contributed by atoms with Crippen LogP contribution in [0.25, 0.3) is 0 Å². The third-order valence-corrected chi connectivity index (χ3v) is 7.31. The Hall–Kier alpha value is -3.11. The molecule has 0 bridgehead atoms. The Morgan fingerprint density at radius 2 is 1.76 bits per heavy atom. The summed E-state index contributed by atoms with van der Waals surface area (Å²) in [6, 6.07) is 10.7. The van der Waals surface area contributed by atoms with Crippen LogP contribution in [0.3, 0.4) is 0 Å². The lowest BCUT2D eigenvalue weighted by Gasteiger charge is -2.22. The Bertz CT molecular complexity index is 1100. The van der Waals surface area contributed by atoms with Crippen LogP contribution in [0, 0.1) is 6.92 Å². The number of aryl methyl sites for hydroxylation is 1. The van der Waals surface area contributed by atoms with E-state index in [1.54, 1.807) is 30.3 Å². The number of carbonyl (C=O) groups is 2. The van der Waals surface area contributed by atoms with Gasteiger partial charge in [0.05, 0.1) is 19.1 Å². The number of hydrogen-bond acceptors (Lipinski definition) is 7. The van der Waals surface area contributed by atoms with Gasteiger partial charge in [-0.05, 0) is 49.6 Å². The zero-order chi connectivity index (χ0) is 24.0. The van der Waals surface area contributed by atoms with Crippen LogP contribution in [-0.4, -0.2) is 58.0 Å². The van der Waals surface area contributed by atoms with Crippen molar-refractivity contribution in [2.24, 2.45) is 0 Å². The highest BCUT2D eigenvalue weighted by Gasteiger charge is 2.40. The van der Waals surface area contributed by atoms with Crippen molar-refractivity contribution in [2.75, 3.05) is 27.4 Å². The van der Waals surface area contributed by atoms with Crippen molar-refractivity contribution in [3.63, 3.8) is 0 Å². The van der Waals surface area contributed by atoms with Gasteiger partial charge in [-0.3, -0.25) is 9.59 Å². The first-order valence-corrected chi connectivity index (χ1v) is 11.9. The van der Waals surface area contributed by atoms with E-state index in [-0.39, 0.29) is 18.0 Å². The van der Waals surface area contributed by atoms with E-state index in [1.165, 1.54) is 26.4 Å². The SMILES string of the molecule is COc1ccc(CNC(=O)COC(=O)[C@@H]2CCCN2S(=O)(=O)c2ccc(C)cc2)cc1OC. The number of rotatable bonds is 9. The zero-order valence-corrected chi connectivity index (χ0v) is 19.7. The van der Waals surface area contributed by atoms with Crippen LogP contribution < -0.4 is 14.8 Å². The van der Waals surface area contributed by atoms with E-state index >= 15 is 0 Å². The van der Waals surface area contributed by atoms with E-state index in [1.807, 2.05) is 6.92 Å². The van der Waals surface area contributed by atoms with Crippen molar-refractivity contribution in [3.8, 4) is 11.5 Å². The molecule has 1 saturated heterocycles. The Labute approximate surface area is 193 Å². The Morgan fingerprint density at radius 1 is 1.06 bits per heavy atom. The summed E-state index contributed by atoms with van der Waals surface area (Å²) in [4.78, 5) is 24.9. The van der Waals surface area contributed by atoms with Crippen LogP contribution in [0.1, 0.15) is 24.0 Å². The fourth-order valence-electron chi connectivity index (χ4n) is 3.58. The van der Waals surface area contributed by atoms with Gasteiger partial charge in [0.1, 0.15) is 6.04 Å². The molecule has 1 atom stereocenters. The van der Waals surface area contributed by atoms with E-state index < -0.39 is 34.5 Å². The van der Waals surface area contributed by atoms with Gasteiger partial charge in [0.2, 0.25) is 10.0 Å². The molecule has 33 heavy (non-hydrogen) atoms. The third kappa shape index (κ3) is 5.82. The Balaban J connectivity index is 1.55. The first-order valence-electron chi connectivity index (χ1n) is 10.5. The van der Waals surface area contributed by atoms with Gasteiger partial charge in [-0.1, -0.05) is 23.8 Å². The van der Waals surface area contributed by atoms with E-state index in [4.69, 9.17) is 14.2 Å². The van der Waals surface area contributed by atoms with Crippen LogP contribution in [-0.2, 0) is 30.9 Å². The minimum Gasteiger partial charge on any atom is -0.493 e. The maximum atomic E-state index is 13.0. The third-order valence-electron chi connectivity index (χ3n) is 5.39. The molecular formula is C23H28N2O7S. The van der Waals surface area contributed by atoms with Crippen LogP contribution in [0.2, 0.25) is 0 Å². The summed E-state index contributed by atoms with van der Waals surface area (Å²) in [6.45, 7) is 1.79. The molecular weight excluding hydrogens is 448 g/mol. The maximum Gasteiger partial charge on any atom is 0.324 e. The van der Waals surface area contributed by atoms with Gasteiger partial charge in [0.15, 0.2) is 18.1 Å². The average Bonchev–Trinajstić information content (AvgIpc) is 3.32. The van der Waals surface area contributed by atoms with Crippen LogP contribution >= 0.6 is 0 Å². The molecule has 1 N–H and O–H groups in total. The summed E-state index contributed by atoms with van der Waals surface area (Å²) in [5.41, 5.74) is 1.71. The molecule has 1 aliphatic heterocycles. The van der Waals surface area contributed by atoms with E-state index in [0.717, 1.165) is 15.4 Å². The molecule has 0 unspecified atom stereocenters.